The van der Waals surface area contributed by atoms with Gasteiger partial charge in [0.1, 0.15) is 5.69 Å². The highest BCUT2D eigenvalue weighted by molar-refractivity contribution is 5.94. The fraction of sp³-hybridized carbons (Fsp3) is 0.600. The topological polar surface area (TPSA) is 66.4 Å². The van der Waals surface area contributed by atoms with Crippen LogP contribution in [0.5, 0.6) is 0 Å². The molecular formula is C15H20N4O2. The van der Waals surface area contributed by atoms with Crippen molar-refractivity contribution in [2.24, 2.45) is 5.92 Å². The van der Waals surface area contributed by atoms with Gasteiger partial charge in [0.15, 0.2) is 0 Å². The average molecular weight is 288 g/mol. The highest BCUT2D eigenvalue weighted by Gasteiger charge is 2.39. The van der Waals surface area contributed by atoms with Crippen LogP contribution in [0.4, 0.5) is 0 Å². The smallest absolute Gasteiger partial charge is 0.274 e. The third-order valence-corrected chi connectivity index (χ3v) is 4.39. The van der Waals surface area contributed by atoms with Crippen LogP contribution < -0.4 is 0 Å². The van der Waals surface area contributed by atoms with Crippen molar-refractivity contribution in [2.45, 2.75) is 32.2 Å². The first-order valence-electron chi connectivity index (χ1n) is 7.52. The fourth-order valence-corrected chi connectivity index (χ4v) is 3.03. The molecule has 2 aliphatic rings. The van der Waals surface area contributed by atoms with Gasteiger partial charge in [0.25, 0.3) is 5.91 Å². The lowest BCUT2D eigenvalue weighted by Crippen LogP contribution is -2.58. The van der Waals surface area contributed by atoms with E-state index in [1.165, 1.54) is 25.0 Å². The zero-order valence-corrected chi connectivity index (χ0v) is 12.2. The maximum absolute atomic E-state index is 12.5. The van der Waals surface area contributed by atoms with Crippen molar-refractivity contribution < 1.29 is 9.59 Å². The molecule has 6 nitrogen and oxygen atoms in total. The number of carbonyl (C=O) groups excluding carboxylic acids is 2. The monoisotopic (exact) mass is 288 g/mol. The number of rotatable bonds is 2. The van der Waals surface area contributed by atoms with Gasteiger partial charge in [-0.1, -0.05) is 0 Å². The minimum absolute atomic E-state index is 0.0498. The number of carbonyl (C=O) groups is 2. The molecule has 2 amide bonds. The molecule has 0 bridgehead atoms. The Morgan fingerprint density at radius 1 is 1.24 bits per heavy atom. The van der Waals surface area contributed by atoms with Crippen molar-refractivity contribution in [2.75, 3.05) is 19.6 Å². The molecule has 0 spiro atoms. The molecule has 1 atom stereocenters. The highest BCUT2D eigenvalue weighted by Crippen LogP contribution is 2.24. The Morgan fingerprint density at radius 3 is 2.71 bits per heavy atom. The van der Waals surface area contributed by atoms with Gasteiger partial charge < -0.3 is 9.80 Å². The van der Waals surface area contributed by atoms with Gasteiger partial charge in [0, 0.05) is 38.1 Å². The SMILES string of the molecule is C[C@H]1CCCCN1C(=O)C1CN(C(=O)c2cnccn2)C1. The van der Waals surface area contributed by atoms with Crippen LogP contribution in [0.15, 0.2) is 18.6 Å². The van der Waals surface area contributed by atoms with Gasteiger partial charge in [0.2, 0.25) is 5.91 Å². The zero-order valence-electron chi connectivity index (χ0n) is 12.2. The zero-order chi connectivity index (χ0) is 14.8. The maximum atomic E-state index is 12.5. The molecule has 0 aromatic carbocycles. The van der Waals surface area contributed by atoms with Gasteiger partial charge in [-0.25, -0.2) is 4.98 Å². The minimum atomic E-state index is -0.140. The predicted molar refractivity (Wildman–Crippen MR) is 76.5 cm³/mol. The first-order valence-corrected chi connectivity index (χ1v) is 7.52. The van der Waals surface area contributed by atoms with Crippen molar-refractivity contribution in [1.82, 2.24) is 19.8 Å². The van der Waals surface area contributed by atoms with Crippen LogP contribution >= 0.6 is 0 Å². The molecule has 3 rings (SSSR count). The number of hydrogen-bond donors (Lipinski definition) is 0. The van der Waals surface area contributed by atoms with Gasteiger partial charge in [0.05, 0.1) is 12.1 Å². The lowest BCUT2D eigenvalue weighted by atomic mass is 9.94. The second-order valence-corrected chi connectivity index (χ2v) is 5.87. The Bertz CT molecular complexity index is 528. The normalized spacial score (nSPS) is 22.8. The summed E-state index contributed by atoms with van der Waals surface area (Å²) in [6.45, 7) is 3.96. The Hall–Kier alpha value is -1.98. The first-order chi connectivity index (χ1) is 10.2. The van der Waals surface area contributed by atoms with Crippen LogP contribution in [0.1, 0.15) is 36.7 Å². The molecule has 0 unspecified atom stereocenters. The lowest BCUT2D eigenvalue weighted by Gasteiger charge is -2.43. The van der Waals surface area contributed by atoms with E-state index in [2.05, 4.69) is 16.9 Å². The van der Waals surface area contributed by atoms with Gasteiger partial charge in [-0.05, 0) is 26.2 Å². The molecule has 0 saturated carbocycles. The van der Waals surface area contributed by atoms with Crippen molar-refractivity contribution in [3.63, 3.8) is 0 Å². The summed E-state index contributed by atoms with van der Waals surface area (Å²) in [7, 11) is 0. The number of piperidine rings is 1. The predicted octanol–water partition coefficient (Wildman–Crippen LogP) is 0.950. The third kappa shape index (κ3) is 2.75. The van der Waals surface area contributed by atoms with Crippen molar-refractivity contribution >= 4 is 11.8 Å². The standard InChI is InChI=1S/C15H20N4O2/c1-11-4-2-3-7-19(11)14(20)12-9-18(10-12)15(21)13-8-16-5-6-17-13/h5-6,8,11-12H,2-4,7,9-10H2,1H3/t11-/m0/s1. The quantitative estimate of drug-likeness (QED) is 0.812. The molecule has 2 aliphatic heterocycles. The highest BCUT2D eigenvalue weighted by atomic mass is 16.2. The van der Waals surface area contributed by atoms with E-state index in [4.69, 9.17) is 0 Å². The third-order valence-electron chi connectivity index (χ3n) is 4.39. The molecule has 0 radical (unpaired) electrons. The van der Waals surface area contributed by atoms with Gasteiger partial charge in [-0.3, -0.25) is 14.6 Å². The largest absolute Gasteiger partial charge is 0.340 e. The van der Waals surface area contributed by atoms with E-state index < -0.39 is 0 Å². The molecule has 21 heavy (non-hydrogen) atoms. The van der Waals surface area contributed by atoms with E-state index in [9.17, 15) is 9.59 Å². The van der Waals surface area contributed by atoms with Crippen LogP contribution in [-0.2, 0) is 4.79 Å². The molecule has 6 heteroatoms. The maximum Gasteiger partial charge on any atom is 0.274 e. The molecular weight excluding hydrogens is 268 g/mol. The summed E-state index contributed by atoms with van der Waals surface area (Å²) < 4.78 is 0. The molecule has 1 aromatic rings. The van der Waals surface area contributed by atoms with Gasteiger partial charge in [-0.15, -0.1) is 0 Å². The fourth-order valence-electron chi connectivity index (χ4n) is 3.03. The molecule has 2 fully saturated rings. The summed E-state index contributed by atoms with van der Waals surface area (Å²) in [5.41, 5.74) is 0.342. The van der Waals surface area contributed by atoms with E-state index in [0.717, 1.165) is 19.4 Å². The molecule has 0 aliphatic carbocycles. The van der Waals surface area contributed by atoms with Crippen LogP contribution in [0.25, 0.3) is 0 Å². The van der Waals surface area contributed by atoms with Crippen LogP contribution in [0.3, 0.4) is 0 Å². The Balaban J connectivity index is 1.56. The lowest BCUT2D eigenvalue weighted by molar-refractivity contribution is -0.143. The minimum Gasteiger partial charge on any atom is -0.340 e. The van der Waals surface area contributed by atoms with Crippen molar-refractivity contribution in [1.29, 1.82) is 0 Å². The van der Waals surface area contributed by atoms with Gasteiger partial charge in [-0.2, -0.15) is 0 Å². The number of aromatic nitrogens is 2. The van der Waals surface area contributed by atoms with Crippen LogP contribution in [-0.4, -0.2) is 57.3 Å². The number of nitrogens with zero attached hydrogens (tertiary/aromatic N) is 4. The number of hydrogen-bond acceptors (Lipinski definition) is 4. The summed E-state index contributed by atoms with van der Waals surface area (Å²) in [6.07, 6.45) is 7.88. The summed E-state index contributed by atoms with van der Waals surface area (Å²) >= 11 is 0. The van der Waals surface area contributed by atoms with Gasteiger partial charge >= 0.3 is 0 Å². The summed E-state index contributed by atoms with van der Waals surface area (Å²) in [5, 5.41) is 0. The average Bonchev–Trinajstić information content (AvgIpc) is 2.47. The second-order valence-electron chi connectivity index (χ2n) is 5.87. The van der Waals surface area contributed by atoms with E-state index in [-0.39, 0.29) is 17.7 Å². The van der Waals surface area contributed by atoms with Crippen molar-refractivity contribution in [3.05, 3.63) is 24.3 Å². The summed E-state index contributed by atoms with van der Waals surface area (Å²) in [5.74, 6) is 0.00964. The number of amides is 2. The van der Waals surface area contributed by atoms with E-state index >= 15 is 0 Å². The second kappa shape index (κ2) is 5.79. The molecule has 1 aromatic heterocycles. The molecule has 2 saturated heterocycles. The molecule has 0 N–H and O–H groups in total. The van der Waals surface area contributed by atoms with Crippen LogP contribution in [0.2, 0.25) is 0 Å². The Morgan fingerprint density at radius 2 is 2.05 bits per heavy atom. The summed E-state index contributed by atoms with van der Waals surface area (Å²) in [4.78, 5) is 36.1. The Kier molecular flexibility index (Phi) is 3.86. The molecule has 3 heterocycles. The van der Waals surface area contributed by atoms with E-state index in [1.807, 2.05) is 4.90 Å². The molecule has 112 valence electrons. The summed E-state index contributed by atoms with van der Waals surface area (Å²) in [6, 6.07) is 0.330. The van der Waals surface area contributed by atoms with E-state index in [1.54, 1.807) is 4.90 Å². The van der Waals surface area contributed by atoms with Crippen LogP contribution in [0, 0.1) is 5.92 Å². The van der Waals surface area contributed by atoms with E-state index in [0.29, 0.717) is 24.8 Å². The Labute approximate surface area is 124 Å². The number of likely N-dealkylation sites (tertiary alicyclic amines) is 2. The van der Waals surface area contributed by atoms with Crippen molar-refractivity contribution in [3.8, 4) is 0 Å². The first kappa shape index (κ1) is 14.0.